The lowest BCUT2D eigenvalue weighted by Crippen LogP contribution is -2.32. The van der Waals surface area contributed by atoms with Crippen molar-refractivity contribution in [3.63, 3.8) is 0 Å². The maximum absolute atomic E-state index is 12.4. The summed E-state index contributed by atoms with van der Waals surface area (Å²) in [5, 5.41) is 12.7. The SMILES string of the molecule is CCC1CCC(NC(=O)c2ccc(OCC3CCC(O)CC3)cc2)C1. The standard InChI is InChI=1S/C21H31NO3/c1-2-15-3-8-18(13-15)22-21(24)17-6-11-20(12-7-17)25-14-16-4-9-19(23)10-5-16/h6-7,11-12,15-16,18-19,23H,2-5,8-10,13-14H2,1H3,(H,22,24). The van der Waals surface area contributed by atoms with Crippen LogP contribution >= 0.6 is 0 Å². The fourth-order valence-corrected chi connectivity index (χ4v) is 4.07. The summed E-state index contributed by atoms with van der Waals surface area (Å²) in [5.74, 6) is 2.13. The second-order valence-corrected chi connectivity index (χ2v) is 7.77. The van der Waals surface area contributed by atoms with E-state index in [1.807, 2.05) is 24.3 Å². The summed E-state index contributed by atoms with van der Waals surface area (Å²) in [6, 6.07) is 7.80. The lowest BCUT2D eigenvalue weighted by atomic mass is 9.88. The molecule has 4 heteroatoms. The van der Waals surface area contributed by atoms with Gasteiger partial charge in [-0.05, 0) is 81.0 Å². The Hall–Kier alpha value is -1.55. The molecule has 1 aromatic rings. The van der Waals surface area contributed by atoms with E-state index >= 15 is 0 Å². The fraction of sp³-hybridized carbons (Fsp3) is 0.667. The van der Waals surface area contributed by atoms with Crippen molar-refractivity contribution in [3.8, 4) is 5.75 Å². The molecule has 4 nitrogen and oxygen atoms in total. The molecule has 1 aromatic carbocycles. The van der Waals surface area contributed by atoms with Gasteiger partial charge in [0, 0.05) is 11.6 Å². The van der Waals surface area contributed by atoms with E-state index in [2.05, 4.69) is 12.2 Å². The molecule has 2 aliphatic rings. The molecule has 2 fully saturated rings. The minimum atomic E-state index is -0.124. The summed E-state index contributed by atoms with van der Waals surface area (Å²) >= 11 is 0. The zero-order valence-corrected chi connectivity index (χ0v) is 15.2. The molecule has 25 heavy (non-hydrogen) atoms. The van der Waals surface area contributed by atoms with Crippen molar-refractivity contribution in [1.82, 2.24) is 5.32 Å². The van der Waals surface area contributed by atoms with Crippen LogP contribution in [-0.2, 0) is 0 Å². The van der Waals surface area contributed by atoms with Crippen LogP contribution in [0.4, 0.5) is 0 Å². The van der Waals surface area contributed by atoms with Crippen LogP contribution in [0.2, 0.25) is 0 Å². The molecule has 2 aliphatic carbocycles. The highest BCUT2D eigenvalue weighted by Crippen LogP contribution is 2.28. The first kappa shape index (κ1) is 18.2. The molecule has 0 saturated heterocycles. The van der Waals surface area contributed by atoms with Crippen molar-refractivity contribution >= 4 is 5.91 Å². The number of hydrogen-bond acceptors (Lipinski definition) is 3. The van der Waals surface area contributed by atoms with E-state index in [1.54, 1.807) is 0 Å². The topological polar surface area (TPSA) is 58.6 Å². The second-order valence-electron chi connectivity index (χ2n) is 7.77. The predicted octanol–water partition coefficient (Wildman–Crippen LogP) is 3.93. The number of carbonyl (C=O) groups is 1. The predicted molar refractivity (Wildman–Crippen MR) is 98.8 cm³/mol. The summed E-state index contributed by atoms with van der Waals surface area (Å²) in [6.07, 6.45) is 8.34. The van der Waals surface area contributed by atoms with E-state index in [0.717, 1.165) is 50.2 Å². The van der Waals surface area contributed by atoms with E-state index in [1.165, 1.54) is 12.8 Å². The molecule has 0 spiro atoms. The molecule has 3 rings (SSSR count). The van der Waals surface area contributed by atoms with Crippen LogP contribution in [0.25, 0.3) is 0 Å². The maximum atomic E-state index is 12.4. The number of benzene rings is 1. The van der Waals surface area contributed by atoms with Gasteiger partial charge in [0.25, 0.3) is 5.91 Å². The molecule has 0 radical (unpaired) electrons. The molecule has 2 N–H and O–H groups in total. The molecule has 2 atom stereocenters. The second kappa shape index (κ2) is 8.70. The van der Waals surface area contributed by atoms with Gasteiger partial charge < -0.3 is 15.2 Å². The number of ether oxygens (including phenoxy) is 1. The van der Waals surface area contributed by atoms with Gasteiger partial charge in [-0.2, -0.15) is 0 Å². The van der Waals surface area contributed by atoms with Gasteiger partial charge in [-0.15, -0.1) is 0 Å². The van der Waals surface area contributed by atoms with Gasteiger partial charge in [-0.1, -0.05) is 13.3 Å². The number of hydrogen-bond donors (Lipinski definition) is 2. The number of carbonyl (C=O) groups excluding carboxylic acids is 1. The average molecular weight is 345 g/mol. The monoisotopic (exact) mass is 345 g/mol. The Kier molecular flexibility index (Phi) is 6.35. The first-order valence-corrected chi connectivity index (χ1v) is 9.85. The van der Waals surface area contributed by atoms with E-state index in [9.17, 15) is 9.90 Å². The summed E-state index contributed by atoms with van der Waals surface area (Å²) in [4.78, 5) is 12.4. The van der Waals surface area contributed by atoms with Crippen molar-refractivity contribution in [1.29, 1.82) is 0 Å². The van der Waals surface area contributed by atoms with Crippen LogP contribution in [0.5, 0.6) is 5.75 Å². The maximum Gasteiger partial charge on any atom is 0.251 e. The van der Waals surface area contributed by atoms with E-state index in [0.29, 0.717) is 24.1 Å². The number of amides is 1. The van der Waals surface area contributed by atoms with E-state index in [4.69, 9.17) is 4.74 Å². The van der Waals surface area contributed by atoms with Crippen LogP contribution in [0.1, 0.15) is 68.6 Å². The van der Waals surface area contributed by atoms with Gasteiger partial charge in [0.2, 0.25) is 0 Å². The quantitative estimate of drug-likeness (QED) is 0.821. The number of aliphatic hydroxyl groups is 1. The third kappa shape index (κ3) is 5.21. The minimum absolute atomic E-state index is 0.0228. The molecule has 0 aliphatic heterocycles. The lowest BCUT2D eigenvalue weighted by Gasteiger charge is -2.25. The Morgan fingerprint density at radius 2 is 1.76 bits per heavy atom. The molecule has 0 bridgehead atoms. The van der Waals surface area contributed by atoms with Gasteiger partial charge in [-0.25, -0.2) is 0 Å². The summed E-state index contributed by atoms with van der Waals surface area (Å²) in [6.45, 7) is 2.92. The third-order valence-corrected chi connectivity index (χ3v) is 5.87. The van der Waals surface area contributed by atoms with Crippen molar-refractivity contribution in [2.45, 2.75) is 70.4 Å². The Bertz CT molecular complexity index is 549. The number of nitrogens with one attached hydrogen (secondary N) is 1. The highest BCUT2D eigenvalue weighted by molar-refractivity contribution is 5.94. The highest BCUT2D eigenvalue weighted by atomic mass is 16.5. The van der Waals surface area contributed by atoms with Gasteiger partial charge in [0.15, 0.2) is 0 Å². The van der Waals surface area contributed by atoms with Crippen LogP contribution in [0, 0.1) is 11.8 Å². The Morgan fingerprint density at radius 1 is 1.08 bits per heavy atom. The minimum Gasteiger partial charge on any atom is -0.493 e. The summed E-state index contributed by atoms with van der Waals surface area (Å²) in [7, 11) is 0. The van der Waals surface area contributed by atoms with Crippen molar-refractivity contribution in [2.75, 3.05) is 6.61 Å². The molecule has 0 heterocycles. The summed E-state index contributed by atoms with van der Waals surface area (Å²) in [5.41, 5.74) is 0.702. The van der Waals surface area contributed by atoms with Crippen molar-refractivity contribution in [2.24, 2.45) is 11.8 Å². The Balaban J connectivity index is 1.44. The molecule has 2 saturated carbocycles. The zero-order valence-electron chi connectivity index (χ0n) is 15.2. The fourth-order valence-electron chi connectivity index (χ4n) is 4.07. The smallest absolute Gasteiger partial charge is 0.251 e. The molecule has 2 unspecified atom stereocenters. The number of rotatable bonds is 6. The lowest BCUT2D eigenvalue weighted by molar-refractivity contribution is 0.0917. The van der Waals surface area contributed by atoms with Crippen LogP contribution in [0.3, 0.4) is 0 Å². The van der Waals surface area contributed by atoms with Gasteiger partial charge >= 0.3 is 0 Å². The normalized spacial score (nSPS) is 29.4. The molecule has 138 valence electrons. The highest BCUT2D eigenvalue weighted by Gasteiger charge is 2.25. The molecular weight excluding hydrogens is 314 g/mol. The van der Waals surface area contributed by atoms with Gasteiger partial charge in [0.05, 0.1) is 12.7 Å². The van der Waals surface area contributed by atoms with E-state index in [-0.39, 0.29) is 12.0 Å². The van der Waals surface area contributed by atoms with Gasteiger partial charge in [-0.3, -0.25) is 4.79 Å². The third-order valence-electron chi connectivity index (χ3n) is 5.87. The first-order valence-electron chi connectivity index (χ1n) is 9.85. The molecule has 0 aromatic heterocycles. The van der Waals surface area contributed by atoms with Crippen LogP contribution in [-0.4, -0.2) is 29.8 Å². The largest absolute Gasteiger partial charge is 0.493 e. The average Bonchev–Trinajstić information content (AvgIpc) is 3.09. The molecule has 1 amide bonds. The summed E-state index contributed by atoms with van der Waals surface area (Å²) < 4.78 is 5.86. The number of aliphatic hydroxyl groups excluding tert-OH is 1. The van der Waals surface area contributed by atoms with Gasteiger partial charge in [0.1, 0.15) is 5.75 Å². The molecular formula is C21H31NO3. The Labute approximate surface area is 151 Å². The van der Waals surface area contributed by atoms with Crippen molar-refractivity contribution < 1.29 is 14.6 Å². The van der Waals surface area contributed by atoms with Crippen molar-refractivity contribution in [3.05, 3.63) is 29.8 Å². The first-order chi connectivity index (χ1) is 12.1. The van der Waals surface area contributed by atoms with E-state index < -0.39 is 0 Å². The van der Waals surface area contributed by atoms with Crippen LogP contribution in [0.15, 0.2) is 24.3 Å². The zero-order chi connectivity index (χ0) is 17.6. The van der Waals surface area contributed by atoms with Crippen LogP contribution < -0.4 is 10.1 Å². The Morgan fingerprint density at radius 3 is 2.40 bits per heavy atom.